The monoisotopic (exact) mass is 392 g/mol. The number of hydrogen-bond donors (Lipinski definition) is 1. The molecule has 0 aromatic heterocycles. The predicted octanol–water partition coefficient (Wildman–Crippen LogP) is 2.35. The summed E-state index contributed by atoms with van der Waals surface area (Å²) < 4.78 is 36.4. The van der Waals surface area contributed by atoms with E-state index in [4.69, 9.17) is 9.47 Å². The summed E-state index contributed by atoms with van der Waals surface area (Å²) in [6.45, 7) is 0. The molecule has 2 aromatic rings. The quantitative estimate of drug-likeness (QED) is 0.745. The number of ether oxygens (including phenoxy) is 2. The molecule has 7 nitrogen and oxygen atoms in total. The van der Waals surface area contributed by atoms with Crippen molar-refractivity contribution >= 4 is 21.6 Å². The van der Waals surface area contributed by atoms with Crippen LogP contribution in [0.1, 0.15) is 18.0 Å². The third-order valence-corrected chi connectivity index (χ3v) is 4.78. The van der Waals surface area contributed by atoms with Crippen LogP contribution in [0.5, 0.6) is 11.5 Å². The number of carbonyl (C=O) groups is 1. The zero-order valence-corrected chi connectivity index (χ0v) is 16.6. The van der Waals surface area contributed by atoms with Crippen LogP contribution in [0.4, 0.5) is 5.69 Å². The number of benzene rings is 2. The Labute approximate surface area is 160 Å². The second kappa shape index (κ2) is 8.88. The van der Waals surface area contributed by atoms with Gasteiger partial charge in [-0.3, -0.25) is 4.79 Å². The third kappa shape index (κ3) is 5.97. The van der Waals surface area contributed by atoms with Gasteiger partial charge in [0, 0.05) is 25.2 Å². The van der Waals surface area contributed by atoms with Gasteiger partial charge in [0.25, 0.3) is 0 Å². The van der Waals surface area contributed by atoms with Crippen LogP contribution in [-0.2, 0) is 14.8 Å². The van der Waals surface area contributed by atoms with E-state index in [-0.39, 0.29) is 12.3 Å². The molecule has 146 valence electrons. The lowest BCUT2D eigenvalue weighted by molar-refractivity contribution is -0.118. The molecule has 1 amide bonds. The number of nitrogens with zero attached hydrogens (tertiary/aromatic N) is 1. The van der Waals surface area contributed by atoms with Crippen LogP contribution in [-0.4, -0.2) is 41.8 Å². The smallest absolute Gasteiger partial charge is 0.228 e. The normalized spacial score (nSPS) is 12.3. The Bertz CT molecular complexity index is 881. The number of amides is 1. The molecule has 1 N–H and O–H groups in total. The van der Waals surface area contributed by atoms with E-state index in [9.17, 15) is 13.2 Å². The lowest BCUT2D eigenvalue weighted by atomic mass is 10.0. The molecule has 0 aliphatic heterocycles. The summed E-state index contributed by atoms with van der Waals surface area (Å²) in [5.41, 5.74) is 1.33. The van der Waals surface area contributed by atoms with Crippen molar-refractivity contribution in [2.45, 2.75) is 12.5 Å². The van der Waals surface area contributed by atoms with Crippen LogP contribution >= 0.6 is 0 Å². The zero-order chi connectivity index (χ0) is 20.0. The van der Waals surface area contributed by atoms with E-state index in [1.165, 1.54) is 4.90 Å². The average Bonchev–Trinajstić information content (AvgIpc) is 2.65. The highest BCUT2D eigenvalue weighted by Gasteiger charge is 2.22. The molecule has 0 bridgehead atoms. The van der Waals surface area contributed by atoms with Gasteiger partial charge in [0.2, 0.25) is 15.9 Å². The van der Waals surface area contributed by atoms with E-state index >= 15 is 0 Å². The fourth-order valence-corrected chi connectivity index (χ4v) is 3.33. The number of hydrogen-bond acceptors (Lipinski definition) is 5. The Morgan fingerprint density at radius 2 is 1.70 bits per heavy atom. The van der Waals surface area contributed by atoms with E-state index in [0.717, 1.165) is 6.26 Å². The summed E-state index contributed by atoms with van der Waals surface area (Å²) in [7, 11) is 1.24. The summed E-state index contributed by atoms with van der Waals surface area (Å²) in [6, 6.07) is 13.3. The summed E-state index contributed by atoms with van der Waals surface area (Å²) in [5.74, 6) is 1.05. The maximum atomic E-state index is 12.8. The first-order valence-electron chi connectivity index (χ1n) is 8.25. The Hall–Kier alpha value is -2.58. The molecular weight excluding hydrogens is 368 g/mol. The van der Waals surface area contributed by atoms with Gasteiger partial charge in [-0.1, -0.05) is 18.2 Å². The predicted molar refractivity (Wildman–Crippen MR) is 105 cm³/mol. The van der Waals surface area contributed by atoms with Crippen LogP contribution < -0.4 is 19.1 Å². The number of rotatable bonds is 8. The molecule has 0 heterocycles. The first-order chi connectivity index (χ1) is 12.7. The minimum atomic E-state index is -3.51. The van der Waals surface area contributed by atoms with Gasteiger partial charge in [-0.15, -0.1) is 0 Å². The first-order valence-corrected chi connectivity index (χ1v) is 10.1. The van der Waals surface area contributed by atoms with E-state index in [1.54, 1.807) is 69.8 Å². The van der Waals surface area contributed by atoms with E-state index in [2.05, 4.69) is 4.72 Å². The summed E-state index contributed by atoms with van der Waals surface area (Å²) in [5, 5.41) is 0. The topological polar surface area (TPSA) is 84.9 Å². The number of anilines is 1. The van der Waals surface area contributed by atoms with Gasteiger partial charge < -0.3 is 14.4 Å². The molecule has 2 aromatic carbocycles. The molecule has 0 radical (unpaired) electrons. The third-order valence-electron chi connectivity index (χ3n) is 4.07. The molecule has 0 aliphatic rings. The molecule has 1 atom stereocenters. The molecule has 1 unspecified atom stereocenters. The Morgan fingerprint density at radius 1 is 1.07 bits per heavy atom. The largest absolute Gasteiger partial charge is 0.497 e. The van der Waals surface area contributed by atoms with E-state index in [1.807, 2.05) is 0 Å². The van der Waals surface area contributed by atoms with Gasteiger partial charge in [-0.25, -0.2) is 13.1 Å². The van der Waals surface area contributed by atoms with Gasteiger partial charge in [0.1, 0.15) is 11.5 Å². The van der Waals surface area contributed by atoms with Crippen molar-refractivity contribution in [1.82, 2.24) is 4.72 Å². The highest BCUT2D eigenvalue weighted by atomic mass is 32.2. The van der Waals surface area contributed by atoms with Gasteiger partial charge in [0.05, 0.1) is 26.5 Å². The molecule has 0 saturated heterocycles. The van der Waals surface area contributed by atoms with Crippen molar-refractivity contribution in [3.8, 4) is 11.5 Å². The fourth-order valence-electron chi connectivity index (χ4n) is 2.60. The number of sulfonamides is 1. The molecule has 0 aliphatic carbocycles. The van der Waals surface area contributed by atoms with E-state index in [0.29, 0.717) is 22.7 Å². The van der Waals surface area contributed by atoms with Gasteiger partial charge in [-0.05, 0) is 29.8 Å². The van der Waals surface area contributed by atoms with Crippen molar-refractivity contribution in [1.29, 1.82) is 0 Å². The molecule has 0 spiro atoms. The highest BCUT2D eigenvalue weighted by molar-refractivity contribution is 7.88. The van der Waals surface area contributed by atoms with Crippen LogP contribution in [0, 0.1) is 0 Å². The van der Waals surface area contributed by atoms with E-state index < -0.39 is 16.1 Å². The number of nitrogens with one attached hydrogen (secondary N) is 1. The second-order valence-corrected chi connectivity index (χ2v) is 7.85. The molecule has 2 rings (SSSR count). The summed E-state index contributed by atoms with van der Waals surface area (Å²) in [4.78, 5) is 14.2. The Balaban J connectivity index is 2.23. The minimum Gasteiger partial charge on any atom is -0.497 e. The average molecular weight is 392 g/mol. The Morgan fingerprint density at radius 3 is 2.26 bits per heavy atom. The first kappa shape index (κ1) is 20.7. The van der Waals surface area contributed by atoms with Gasteiger partial charge >= 0.3 is 0 Å². The maximum Gasteiger partial charge on any atom is 0.228 e. The van der Waals surface area contributed by atoms with Crippen LogP contribution in [0.3, 0.4) is 0 Å². The lowest BCUT2D eigenvalue weighted by Crippen LogP contribution is -2.34. The van der Waals surface area contributed by atoms with Crippen molar-refractivity contribution in [3.63, 3.8) is 0 Å². The summed E-state index contributed by atoms with van der Waals surface area (Å²) in [6.07, 6.45) is 1.03. The van der Waals surface area contributed by atoms with Crippen molar-refractivity contribution in [2.24, 2.45) is 0 Å². The minimum absolute atomic E-state index is 0.0346. The van der Waals surface area contributed by atoms with Gasteiger partial charge in [0.15, 0.2) is 0 Å². The number of carbonyl (C=O) groups excluding carboxylic acids is 1. The van der Waals surface area contributed by atoms with Crippen molar-refractivity contribution < 1.29 is 22.7 Å². The van der Waals surface area contributed by atoms with Crippen LogP contribution in [0.15, 0.2) is 48.5 Å². The SMILES string of the molecule is COc1ccc(C(CC(=O)N(C)c2cccc(OC)c2)NS(C)(=O)=O)cc1. The molecular formula is C19H24N2O5S. The van der Waals surface area contributed by atoms with Crippen LogP contribution in [0.2, 0.25) is 0 Å². The summed E-state index contributed by atoms with van der Waals surface area (Å²) >= 11 is 0. The number of methoxy groups -OCH3 is 2. The Kier molecular flexibility index (Phi) is 6.81. The van der Waals surface area contributed by atoms with Gasteiger partial charge in [-0.2, -0.15) is 0 Å². The second-order valence-electron chi connectivity index (χ2n) is 6.07. The standard InChI is InChI=1S/C19H24N2O5S/c1-21(15-6-5-7-17(12-15)26-3)19(22)13-18(20-27(4,23)24)14-8-10-16(25-2)11-9-14/h5-12,18,20H,13H2,1-4H3. The van der Waals surface area contributed by atoms with Crippen molar-refractivity contribution in [3.05, 3.63) is 54.1 Å². The zero-order valence-electron chi connectivity index (χ0n) is 15.8. The molecule has 8 heteroatoms. The lowest BCUT2D eigenvalue weighted by Gasteiger charge is -2.23. The molecule has 0 saturated carbocycles. The highest BCUT2D eigenvalue weighted by Crippen LogP contribution is 2.25. The van der Waals surface area contributed by atoms with Crippen LogP contribution in [0.25, 0.3) is 0 Å². The molecule has 27 heavy (non-hydrogen) atoms. The molecule has 0 fully saturated rings. The van der Waals surface area contributed by atoms with Crippen molar-refractivity contribution in [2.75, 3.05) is 32.4 Å². The fraction of sp³-hybridized carbons (Fsp3) is 0.316. The maximum absolute atomic E-state index is 12.8.